The minimum Gasteiger partial charge on any atom is -0.463 e. The summed E-state index contributed by atoms with van der Waals surface area (Å²) in [6.07, 6.45) is -2.50. The van der Waals surface area contributed by atoms with Gasteiger partial charge in [0.25, 0.3) is 0 Å². The minimum atomic E-state index is -4.26. The fourth-order valence-electron chi connectivity index (χ4n) is 2.37. The third-order valence-electron chi connectivity index (χ3n) is 3.53. The number of carbonyl (C=O) groups excluding carboxylic acids is 2. The molecule has 1 heterocycles. The molecule has 1 aliphatic rings. The predicted octanol–water partition coefficient (Wildman–Crippen LogP) is 2.26. The maximum Gasteiger partial charge on any atom is 0.408 e. The van der Waals surface area contributed by atoms with E-state index in [0.29, 0.717) is 0 Å². The number of rotatable bonds is 10. The molecule has 0 aromatic rings. The number of alkyl halides is 3. The van der Waals surface area contributed by atoms with Gasteiger partial charge in [-0.1, -0.05) is 15.9 Å². The number of nitrogens with zero attached hydrogens (tertiary/aromatic N) is 1. The zero-order valence-electron chi connectivity index (χ0n) is 14.9. The van der Waals surface area contributed by atoms with Gasteiger partial charge in [0.2, 0.25) is 0 Å². The Balaban J connectivity index is 2.88. The van der Waals surface area contributed by atoms with Gasteiger partial charge < -0.3 is 19.1 Å². The summed E-state index contributed by atoms with van der Waals surface area (Å²) in [6.45, 7) is 2.45. The summed E-state index contributed by atoms with van der Waals surface area (Å²) < 4.78 is 34.8. The zero-order valence-corrected chi connectivity index (χ0v) is 18.9. The first-order valence-electron chi connectivity index (χ1n) is 8.09. The van der Waals surface area contributed by atoms with Crippen LogP contribution in [0.2, 0.25) is 0 Å². The van der Waals surface area contributed by atoms with Gasteiger partial charge in [0, 0.05) is 45.1 Å². The molecule has 0 bridgehead atoms. The van der Waals surface area contributed by atoms with Crippen LogP contribution in [0.5, 0.6) is 0 Å². The summed E-state index contributed by atoms with van der Waals surface area (Å²) in [5.41, 5.74) is 0. The molecule has 5 unspecified atom stereocenters. The number of halogens is 3. The molecule has 5 atom stereocenters. The maximum absolute atomic E-state index is 12.6. The molecule has 0 aliphatic carbocycles. The second-order valence-electron chi connectivity index (χ2n) is 5.67. The lowest BCUT2D eigenvalue weighted by Crippen LogP contribution is -2.50. The Labute approximate surface area is 176 Å². The molecule has 158 valence electrons. The molecule has 1 saturated heterocycles. The number of esters is 2. The third-order valence-corrected chi connectivity index (χ3v) is 6.27. The highest BCUT2D eigenvalue weighted by molar-refractivity contribution is 9.09. The summed E-state index contributed by atoms with van der Waals surface area (Å²) >= 11 is 14.6. The molecule has 1 N–H and O–H groups in total. The van der Waals surface area contributed by atoms with E-state index in [1.54, 1.807) is 0 Å². The first-order valence-corrected chi connectivity index (χ1v) is 11.6. The first-order chi connectivity index (χ1) is 12.6. The standard InChI is InChI=1S/C14H23BrCl2NO8P/c1-9(19)23-8-13-12(24-10(2)20)7-11(15)14(25-13)26-27(21,22)18(5-3-16)6-4-17/h11-14H,3-8H2,1-2H3,(H,21,22). The van der Waals surface area contributed by atoms with Gasteiger partial charge in [-0.3, -0.25) is 14.1 Å². The summed E-state index contributed by atoms with van der Waals surface area (Å²) in [5, 5.41) is 0. The Morgan fingerprint density at radius 2 is 1.85 bits per heavy atom. The van der Waals surface area contributed by atoms with Gasteiger partial charge >= 0.3 is 19.7 Å². The average Bonchev–Trinajstić information content (AvgIpc) is 2.55. The maximum atomic E-state index is 12.6. The van der Waals surface area contributed by atoms with Crippen molar-refractivity contribution >= 4 is 58.8 Å². The van der Waals surface area contributed by atoms with Crippen molar-refractivity contribution in [2.24, 2.45) is 0 Å². The van der Waals surface area contributed by atoms with Crippen LogP contribution < -0.4 is 0 Å². The largest absolute Gasteiger partial charge is 0.463 e. The molecular weight excluding hydrogens is 492 g/mol. The van der Waals surface area contributed by atoms with Gasteiger partial charge in [0.1, 0.15) is 18.8 Å². The highest BCUT2D eigenvalue weighted by atomic mass is 79.9. The normalized spacial score (nSPS) is 27.8. The topological polar surface area (TPSA) is 112 Å². The van der Waals surface area contributed by atoms with Crippen LogP contribution in [-0.4, -0.2) is 76.3 Å². The van der Waals surface area contributed by atoms with Crippen molar-refractivity contribution in [3.05, 3.63) is 0 Å². The van der Waals surface area contributed by atoms with Crippen LogP contribution in [0, 0.1) is 0 Å². The van der Waals surface area contributed by atoms with Crippen molar-refractivity contribution in [1.82, 2.24) is 4.67 Å². The van der Waals surface area contributed by atoms with Crippen molar-refractivity contribution in [3.8, 4) is 0 Å². The highest BCUT2D eigenvalue weighted by Crippen LogP contribution is 2.49. The van der Waals surface area contributed by atoms with Crippen LogP contribution in [0.1, 0.15) is 20.3 Å². The molecule has 0 aromatic heterocycles. The fraction of sp³-hybridized carbons (Fsp3) is 0.857. The molecule has 0 aromatic carbocycles. The smallest absolute Gasteiger partial charge is 0.408 e. The second kappa shape index (κ2) is 11.9. The van der Waals surface area contributed by atoms with Crippen molar-refractivity contribution in [1.29, 1.82) is 0 Å². The molecule has 27 heavy (non-hydrogen) atoms. The van der Waals surface area contributed by atoms with E-state index in [2.05, 4.69) is 15.9 Å². The quantitative estimate of drug-likeness (QED) is 0.266. The minimum absolute atomic E-state index is 0.0919. The summed E-state index contributed by atoms with van der Waals surface area (Å²) in [5.74, 6) is -0.851. The number of hydrogen-bond donors (Lipinski definition) is 1. The third kappa shape index (κ3) is 8.53. The zero-order chi connectivity index (χ0) is 20.6. The molecule has 0 radical (unpaired) electrons. The SMILES string of the molecule is CC(=O)OCC1OC(OP(=O)(O)N(CCCl)CCCl)C(Br)CC1OC(C)=O. The lowest BCUT2D eigenvalue weighted by Gasteiger charge is -2.39. The van der Waals surface area contributed by atoms with E-state index in [1.807, 2.05) is 0 Å². The molecule has 0 saturated carbocycles. The molecule has 9 nitrogen and oxygen atoms in total. The average molecular weight is 515 g/mol. The molecule has 1 aliphatic heterocycles. The van der Waals surface area contributed by atoms with Crippen molar-refractivity contribution < 1.29 is 37.8 Å². The number of carbonyl (C=O) groups is 2. The van der Waals surface area contributed by atoms with Gasteiger partial charge in [-0.2, -0.15) is 0 Å². The van der Waals surface area contributed by atoms with Gasteiger partial charge in [0.05, 0.1) is 4.83 Å². The molecule has 13 heteroatoms. The van der Waals surface area contributed by atoms with Gasteiger partial charge in [-0.05, 0) is 0 Å². The van der Waals surface area contributed by atoms with E-state index >= 15 is 0 Å². The van der Waals surface area contributed by atoms with E-state index < -0.39 is 43.0 Å². The van der Waals surface area contributed by atoms with E-state index in [-0.39, 0.29) is 37.9 Å². The van der Waals surface area contributed by atoms with Crippen LogP contribution in [-0.2, 0) is 32.9 Å². The lowest BCUT2D eigenvalue weighted by molar-refractivity contribution is -0.212. The van der Waals surface area contributed by atoms with Gasteiger partial charge in [-0.25, -0.2) is 9.24 Å². The van der Waals surface area contributed by atoms with E-state index in [9.17, 15) is 19.0 Å². The molecule has 0 amide bonds. The molecule has 1 fully saturated rings. The number of hydrogen-bond acceptors (Lipinski definition) is 7. The predicted molar refractivity (Wildman–Crippen MR) is 102 cm³/mol. The summed E-state index contributed by atoms with van der Waals surface area (Å²) in [6, 6.07) is 0. The second-order valence-corrected chi connectivity index (χ2v) is 9.36. The monoisotopic (exact) mass is 513 g/mol. The Kier molecular flexibility index (Phi) is 11.1. The Morgan fingerprint density at radius 1 is 1.26 bits per heavy atom. The van der Waals surface area contributed by atoms with Crippen LogP contribution in [0.25, 0.3) is 0 Å². The van der Waals surface area contributed by atoms with Crippen molar-refractivity contribution in [2.75, 3.05) is 31.5 Å². The van der Waals surface area contributed by atoms with E-state index in [1.165, 1.54) is 13.8 Å². The van der Waals surface area contributed by atoms with Crippen LogP contribution in [0.15, 0.2) is 0 Å². The highest BCUT2D eigenvalue weighted by Gasteiger charge is 2.44. The van der Waals surface area contributed by atoms with E-state index in [0.717, 1.165) is 4.67 Å². The van der Waals surface area contributed by atoms with Crippen LogP contribution in [0.3, 0.4) is 0 Å². The number of ether oxygens (including phenoxy) is 3. The molecular formula is C14H23BrCl2NO8P. The van der Waals surface area contributed by atoms with Gasteiger partial charge in [-0.15, -0.1) is 23.2 Å². The van der Waals surface area contributed by atoms with Gasteiger partial charge in [0.15, 0.2) is 6.29 Å². The Morgan fingerprint density at radius 3 is 2.33 bits per heavy atom. The lowest BCUT2D eigenvalue weighted by atomic mass is 10.1. The first kappa shape index (κ1) is 25.1. The van der Waals surface area contributed by atoms with Crippen molar-refractivity contribution in [3.63, 3.8) is 0 Å². The van der Waals surface area contributed by atoms with E-state index in [4.69, 9.17) is 41.9 Å². The molecule has 1 rings (SSSR count). The van der Waals surface area contributed by atoms with Crippen LogP contribution in [0.4, 0.5) is 0 Å². The van der Waals surface area contributed by atoms with Crippen LogP contribution >= 0.6 is 46.9 Å². The fourth-order valence-corrected chi connectivity index (χ4v) is 5.08. The Hall–Kier alpha value is 0.0700. The molecule has 0 spiro atoms. The van der Waals surface area contributed by atoms with Crippen molar-refractivity contribution in [2.45, 2.75) is 43.6 Å². The summed E-state index contributed by atoms with van der Waals surface area (Å²) in [4.78, 5) is 32.1. The summed E-state index contributed by atoms with van der Waals surface area (Å²) in [7, 11) is -4.26. The Bertz CT molecular complexity index is 551.